The predicted octanol–water partition coefficient (Wildman–Crippen LogP) is -0.508. The number of carbonyl (C=O) groups is 2. The molecule has 0 saturated heterocycles. The minimum absolute atomic E-state index is 0.0310. The normalized spacial score (nSPS) is 14.5. The number of rotatable bonds is 6. The Bertz CT molecular complexity index is 208. The lowest BCUT2D eigenvalue weighted by Crippen LogP contribution is -2.45. The number of amides is 1. The highest BCUT2D eigenvalue weighted by Gasteiger charge is 2.19. The van der Waals surface area contributed by atoms with Gasteiger partial charge in [-0.1, -0.05) is 20.3 Å². The van der Waals surface area contributed by atoms with Crippen LogP contribution in [-0.2, 0) is 14.4 Å². The van der Waals surface area contributed by atoms with Gasteiger partial charge in [0.25, 0.3) is 5.91 Å². The Labute approximate surface area is 82.4 Å². The van der Waals surface area contributed by atoms with Crippen LogP contribution in [0, 0.1) is 5.92 Å². The summed E-state index contributed by atoms with van der Waals surface area (Å²) in [4.78, 5) is 25.6. The SMILES string of the molecule is CCC(C)C(N)C(=O)NOCC(=O)O. The third-order valence-corrected chi connectivity index (χ3v) is 1.93. The monoisotopic (exact) mass is 204 g/mol. The second kappa shape index (κ2) is 6.33. The van der Waals surface area contributed by atoms with Gasteiger partial charge in [-0.05, 0) is 5.92 Å². The molecule has 6 nitrogen and oxygen atoms in total. The summed E-state index contributed by atoms with van der Waals surface area (Å²) in [6, 6.07) is -0.672. The maximum atomic E-state index is 11.2. The number of carboxylic acid groups (broad SMARTS) is 1. The Morgan fingerprint density at radius 1 is 1.57 bits per heavy atom. The van der Waals surface area contributed by atoms with Crippen molar-refractivity contribution in [2.45, 2.75) is 26.3 Å². The van der Waals surface area contributed by atoms with Crippen molar-refractivity contribution in [1.82, 2.24) is 5.48 Å². The van der Waals surface area contributed by atoms with Gasteiger partial charge in [0.15, 0.2) is 6.61 Å². The maximum absolute atomic E-state index is 11.2. The molecule has 82 valence electrons. The van der Waals surface area contributed by atoms with E-state index in [1.54, 1.807) is 0 Å². The fourth-order valence-corrected chi connectivity index (χ4v) is 0.749. The molecule has 0 bridgehead atoms. The molecule has 1 amide bonds. The Morgan fingerprint density at radius 3 is 2.57 bits per heavy atom. The van der Waals surface area contributed by atoms with Crippen LogP contribution in [0.15, 0.2) is 0 Å². The highest BCUT2D eigenvalue weighted by Crippen LogP contribution is 2.04. The summed E-state index contributed by atoms with van der Waals surface area (Å²) in [5, 5.41) is 8.21. The van der Waals surface area contributed by atoms with Gasteiger partial charge in [-0.3, -0.25) is 9.63 Å². The van der Waals surface area contributed by atoms with Crippen molar-refractivity contribution in [2.75, 3.05) is 6.61 Å². The molecule has 0 spiro atoms. The van der Waals surface area contributed by atoms with Crippen molar-refractivity contribution in [1.29, 1.82) is 0 Å². The Balaban J connectivity index is 3.78. The highest BCUT2D eigenvalue weighted by atomic mass is 16.7. The molecule has 0 aliphatic carbocycles. The molecule has 0 aromatic rings. The molecule has 0 saturated carbocycles. The lowest BCUT2D eigenvalue weighted by molar-refractivity contribution is -0.150. The van der Waals surface area contributed by atoms with Crippen molar-refractivity contribution in [3.63, 3.8) is 0 Å². The minimum Gasteiger partial charge on any atom is -0.479 e. The molecule has 0 heterocycles. The predicted molar refractivity (Wildman–Crippen MR) is 49.2 cm³/mol. The largest absolute Gasteiger partial charge is 0.479 e. The van der Waals surface area contributed by atoms with Crippen molar-refractivity contribution in [3.8, 4) is 0 Å². The van der Waals surface area contributed by atoms with Gasteiger partial charge < -0.3 is 10.8 Å². The van der Waals surface area contributed by atoms with Crippen LogP contribution in [0.4, 0.5) is 0 Å². The van der Waals surface area contributed by atoms with Gasteiger partial charge in [0, 0.05) is 0 Å². The van der Waals surface area contributed by atoms with E-state index >= 15 is 0 Å². The van der Waals surface area contributed by atoms with Crippen molar-refractivity contribution >= 4 is 11.9 Å². The first kappa shape index (κ1) is 12.9. The zero-order chi connectivity index (χ0) is 11.1. The molecule has 0 aliphatic rings. The fourth-order valence-electron chi connectivity index (χ4n) is 0.749. The van der Waals surface area contributed by atoms with Gasteiger partial charge in [0.05, 0.1) is 6.04 Å². The smallest absolute Gasteiger partial charge is 0.332 e. The van der Waals surface area contributed by atoms with E-state index < -0.39 is 24.5 Å². The first-order valence-corrected chi connectivity index (χ1v) is 4.38. The van der Waals surface area contributed by atoms with E-state index in [0.717, 1.165) is 6.42 Å². The van der Waals surface area contributed by atoms with Crippen LogP contribution in [0.5, 0.6) is 0 Å². The Hall–Kier alpha value is -1.14. The second-order valence-corrected chi connectivity index (χ2v) is 3.06. The summed E-state index contributed by atoms with van der Waals surface area (Å²) in [7, 11) is 0. The molecular formula is C8H16N2O4. The van der Waals surface area contributed by atoms with Crippen LogP contribution in [0.1, 0.15) is 20.3 Å². The zero-order valence-corrected chi connectivity index (χ0v) is 8.32. The average Bonchev–Trinajstić information content (AvgIpc) is 2.14. The topological polar surface area (TPSA) is 102 Å². The average molecular weight is 204 g/mol. The lowest BCUT2D eigenvalue weighted by Gasteiger charge is -2.16. The molecule has 6 heteroatoms. The standard InChI is InChI=1S/C8H16N2O4/c1-3-5(2)7(9)8(13)10-14-4-6(11)12/h5,7H,3-4,9H2,1-2H3,(H,10,13)(H,11,12). The third kappa shape index (κ3) is 4.78. The van der Waals surface area contributed by atoms with Gasteiger partial charge in [0.1, 0.15) is 0 Å². The molecule has 0 aromatic heterocycles. The number of nitrogens with one attached hydrogen (secondary N) is 1. The quantitative estimate of drug-likeness (QED) is 0.506. The van der Waals surface area contributed by atoms with Crippen LogP contribution in [0.2, 0.25) is 0 Å². The number of carboxylic acids is 1. The fraction of sp³-hybridized carbons (Fsp3) is 0.750. The highest BCUT2D eigenvalue weighted by molar-refractivity contribution is 5.81. The van der Waals surface area contributed by atoms with Crippen LogP contribution >= 0.6 is 0 Å². The minimum atomic E-state index is -1.15. The van der Waals surface area contributed by atoms with Crippen LogP contribution in [0.3, 0.4) is 0 Å². The maximum Gasteiger partial charge on any atom is 0.332 e. The molecule has 0 rings (SSSR count). The molecule has 2 unspecified atom stereocenters. The number of nitrogens with two attached hydrogens (primary N) is 1. The van der Waals surface area contributed by atoms with E-state index in [2.05, 4.69) is 4.84 Å². The molecule has 0 radical (unpaired) electrons. The third-order valence-electron chi connectivity index (χ3n) is 1.93. The molecule has 2 atom stereocenters. The molecule has 0 aliphatic heterocycles. The molecule has 14 heavy (non-hydrogen) atoms. The van der Waals surface area contributed by atoms with Crippen molar-refractivity contribution < 1.29 is 19.5 Å². The van der Waals surface area contributed by atoms with E-state index in [-0.39, 0.29) is 5.92 Å². The summed E-state index contributed by atoms with van der Waals surface area (Å²) in [5.41, 5.74) is 7.53. The zero-order valence-electron chi connectivity index (χ0n) is 8.32. The van der Waals surface area contributed by atoms with E-state index in [0.29, 0.717) is 0 Å². The lowest BCUT2D eigenvalue weighted by atomic mass is 10.00. The summed E-state index contributed by atoms with van der Waals surface area (Å²) >= 11 is 0. The van der Waals surface area contributed by atoms with E-state index in [1.807, 2.05) is 19.3 Å². The van der Waals surface area contributed by atoms with Gasteiger partial charge in [-0.25, -0.2) is 10.3 Å². The number of hydrogen-bond donors (Lipinski definition) is 3. The van der Waals surface area contributed by atoms with Crippen LogP contribution in [-0.4, -0.2) is 29.6 Å². The molecule has 0 aromatic carbocycles. The van der Waals surface area contributed by atoms with Gasteiger partial charge in [0.2, 0.25) is 0 Å². The summed E-state index contributed by atoms with van der Waals surface area (Å²) in [6.07, 6.45) is 0.771. The number of hydrogen-bond acceptors (Lipinski definition) is 4. The number of carbonyl (C=O) groups excluding carboxylic acids is 1. The first-order valence-electron chi connectivity index (χ1n) is 4.38. The van der Waals surface area contributed by atoms with E-state index in [4.69, 9.17) is 10.8 Å². The second-order valence-electron chi connectivity index (χ2n) is 3.06. The first-order chi connectivity index (χ1) is 6.49. The Morgan fingerprint density at radius 2 is 2.14 bits per heavy atom. The van der Waals surface area contributed by atoms with E-state index in [9.17, 15) is 9.59 Å². The van der Waals surface area contributed by atoms with Gasteiger partial charge in [-0.2, -0.15) is 0 Å². The molecule has 4 N–H and O–H groups in total. The van der Waals surface area contributed by atoms with E-state index in [1.165, 1.54) is 0 Å². The number of aliphatic carboxylic acids is 1. The summed E-state index contributed by atoms with van der Waals surface area (Å²) < 4.78 is 0. The van der Waals surface area contributed by atoms with Crippen LogP contribution in [0.25, 0.3) is 0 Å². The summed E-state index contributed by atoms with van der Waals surface area (Å²) in [6.45, 7) is 3.18. The Kier molecular flexibility index (Phi) is 5.82. The van der Waals surface area contributed by atoms with Crippen molar-refractivity contribution in [2.24, 2.45) is 11.7 Å². The molecular weight excluding hydrogens is 188 g/mol. The van der Waals surface area contributed by atoms with Crippen molar-refractivity contribution in [3.05, 3.63) is 0 Å². The molecule has 0 fully saturated rings. The van der Waals surface area contributed by atoms with Crippen LogP contribution < -0.4 is 11.2 Å². The number of hydroxylamine groups is 1. The summed E-state index contributed by atoms with van der Waals surface area (Å²) in [5.74, 6) is -1.62. The van der Waals surface area contributed by atoms with Gasteiger partial charge >= 0.3 is 5.97 Å². The van der Waals surface area contributed by atoms with Gasteiger partial charge in [-0.15, -0.1) is 0 Å².